The normalized spacial score (nSPS) is 15.3. The molecule has 0 bridgehead atoms. The van der Waals surface area contributed by atoms with Gasteiger partial charge in [0.1, 0.15) is 5.41 Å². The molecule has 0 aliphatic carbocycles. The second-order valence-corrected chi connectivity index (χ2v) is 6.38. The molecule has 0 atom stereocenters. The highest BCUT2D eigenvalue weighted by Gasteiger charge is 2.40. The Morgan fingerprint density at radius 3 is 2.17 bits per heavy atom. The van der Waals surface area contributed by atoms with Gasteiger partial charge in [0.15, 0.2) is 0 Å². The Kier molecular flexibility index (Phi) is 5.03. The van der Waals surface area contributed by atoms with E-state index in [-0.39, 0.29) is 11.8 Å². The predicted molar refractivity (Wildman–Crippen MR) is 87.8 cm³/mol. The predicted octanol–water partition coefficient (Wildman–Crippen LogP) is 1.26. The first-order valence-corrected chi connectivity index (χ1v) is 7.71. The van der Waals surface area contributed by atoms with Crippen molar-refractivity contribution in [2.75, 3.05) is 31.5 Å². The summed E-state index contributed by atoms with van der Waals surface area (Å²) >= 11 is 0. The van der Waals surface area contributed by atoms with Crippen molar-refractivity contribution >= 4 is 23.9 Å². The number of hydrogen-bond donors (Lipinski definition) is 1. The lowest BCUT2D eigenvalue weighted by atomic mass is 9.89. The van der Waals surface area contributed by atoms with Crippen molar-refractivity contribution < 1.29 is 14.4 Å². The first-order chi connectivity index (χ1) is 10.8. The smallest absolute Gasteiger partial charge is 0.239 e. The summed E-state index contributed by atoms with van der Waals surface area (Å²) in [5.41, 5.74) is 0.618. The molecule has 0 radical (unpaired) electrons. The molecule has 6 heteroatoms. The quantitative estimate of drug-likeness (QED) is 0.671. The van der Waals surface area contributed by atoms with Crippen molar-refractivity contribution in [1.82, 2.24) is 9.80 Å². The van der Waals surface area contributed by atoms with Gasteiger partial charge in [0, 0.05) is 31.9 Å². The Bertz CT molecular complexity index is 588. The Balaban J connectivity index is 2.01. The maximum Gasteiger partial charge on any atom is 0.239 e. The van der Waals surface area contributed by atoms with Crippen LogP contribution in [0.15, 0.2) is 24.3 Å². The number of amides is 3. The minimum absolute atomic E-state index is 0.215. The highest BCUT2D eigenvalue weighted by molar-refractivity contribution is 6.09. The number of nitrogens with zero attached hydrogens (tertiary/aromatic N) is 2. The maximum absolute atomic E-state index is 12.7. The molecule has 0 spiro atoms. The van der Waals surface area contributed by atoms with Crippen LogP contribution in [0.25, 0.3) is 0 Å². The lowest BCUT2D eigenvalue weighted by Gasteiger charge is -2.36. The first kappa shape index (κ1) is 17.0. The van der Waals surface area contributed by atoms with E-state index in [1.807, 2.05) is 31.2 Å². The van der Waals surface area contributed by atoms with Gasteiger partial charge < -0.3 is 15.1 Å². The fourth-order valence-electron chi connectivity index (χ4n) is 2.45. The number of carbonyl (C=O) groups is 3. The monoisotopic (exact) mass is 317 g/mol. The topological polar surface area (TPSA) is 69.7 Å². The maximum atomic E-state index is 12.7. The number of carbonyl (C=O) groups excluding carboxylic acids is 3. The summed E-state index contributed by atoms with van der Waals surface area (Å²) in [6.45, 7) is 7.15. The standard InChI is InChI=1S/C17H23N3O3/c1-13-4-6-14(7-5-13)18-15(22)17(2,3)16(23)20-10-8-19(12-21)9-11-20/h4-7,12H,8-11H2,1-3H3,(H,18,22). The van der Waals surface area contributed by atoms with Crippen LogP contribution in [0, 0.1) is 12.3 Å². The summed E-state index contributed by atoms with van der Waals surface area (Å²) in [5, 5.41) is 2.80. The van der Waals surface area contributed by atoms with Crippen LogP contribution in [0.3, 0.4) is 0 Å². The van der Waals surface area contributed by atoms with Crippen molar-refractivity contribution in [2.24, 2.45) is 5.41 Å². The molecule has 124 valence electrons. The molecule has 23 heavy (non-hydrogen) atoms. The highest BCUT2D eigenvalue weighted by atomic mass is 16.2. The Hall–Kier alpha value is -2.37. The third-order valence-corrected chi connectivity index (χ3v) is 4.16. The number of piperazine rings is 1. The van der Waals surface area contributed by atoms with Crippen LogP contribution in [-0.4, -0.2) is 54.2 Å². The van der Waals surface area contributed by atoms with Gasteiger partial charge >= 0.3 is 0 Å². The number of nitrogens with one attached hydrogen (secondary N) is 1. The van der Waals surface area contributed by atoms with Crippen molar-refractivity contribution in [1.29, 1.82) is 0 Å². The van der Waals surface area contributed by atoms with Gasteiger partial charge in [-0.3, -0.25) is 14.4 Å². The van der Waals surface area contributed by atoms with Gasteiger partial charge in [0.05, 0.1) is 0 Å². The number of anilines is 1. The average Bonchev–Trinajstić information content (AvgIpc) is 2.56. The van der Waals surface area contributed by atoms with Crippen LogP contribution in [0.4, 0.5) is 5.69 Å². The summed E-state index contributed by atoms with van der Waals surface area (Å²) in [5.74, 6) is -0.545. The van der Waals surface area contributed by atoms with Crippen LogP contribution in [0.1, 0.15) is 19.4 Å². The average molecular weight is 317 g/mol. The van der Waals surface area contributed by atoms with Gasteiger partial charge in [-0.2, -0.15) is 0 Å². The van der Waals surface area contributed by atoms with Crippen molar-refractivity contribution in [3.05, 3.63) is 29.8 Å². The van der Waals surface area contributed by atoms with Gasteiger partial charge in [-0.1, -0.05) is 17.7 Å². The first-order valence-electron chi connectivity index (χ1n) is 7.71. The second kappa shape index (κ2) is 6.81. The van der Waals surface area contributed by atoms with Crippen LogP contribution < -0.4 is 5.32 Å². The van der Waals surface area contributed by atoms with Crippen LogP contribution in [0.2, 0.25) is 0 Å². The van der Waals surface area contributed by atoms with E-state index >= 15 is 0 Å². The lowest BCUT2D eigenvalue weighted by Crippen LogP contribution is -2.54. The SMILES string of the molecule is Cc1ccc(NC(=O)C(C)(C)C(=O)N2CCN(C=O)CC2)cc1. The second-order valence-electron chi connectivity index (χ2n) is 6.38. The summed E-state index contributed by atoms with van der Waals surface area (Å²) in [6, 6.07) is 7.44. The number of benzene rings is 1. The highest BCUT2D eigenvalue weighted by Crippen LogP contribution is 2.23. The third-order valence-electron chi connectivity index (χ3n) is 4.16. The molecule has 1 aromatic rings. The molecular formula is C17H23N3O3. The molecule has 1 aromatic carbocycles. The van der Waals surface area contributed by atoms with Crippen LogP contribution >= 0.6 is 0 Å². The molecule has 0 aromatic heterocycles. The van der Waals surface area contributed by atoms with E-state index in [4.69, 9.17) is 0 Å². The van der Waals surface area contributed by atoms with Gasteiger partial charge in [0.25, 0.3) is 0 Å². The minimum atomic E-state index is -1.16. The zero-order chi connectivity index (χ0) is 17.0. The largest absolute Gasteiger partial charge is 0.342 e. The van der Waals surface area contributed by atoms with Gasteiger partial charge in [0.2, 0.25) is 18.2 Å². The summed E-state index contributed by atoms with van der Waals surface area (Å²) in [6.07, 6.45) is 0.789. The van der Waals surface area contributed by atoms with Crippen molar-refractivity contribution in [3.63, 3.8) is 0 Å². The van der Waals surface area contributed by atoms with Crippen molar-refractivity contribution in [2.45, 2.75) is 20.8 Å². The zero-order valence-corrected chi connectivity index (χ0v) is 13.8. The summed E-state index contributed by atoms with van der Waals surface area (Å²) in [4.78, 5) is 39.2. The number of rotatable bonds is 4. The molecule has 1 aliphatic heterocycles. The fourth-order valence-corrected chi connectivity index (χ4v) is 2.45. The van der Waals surface area contributed by atoms with Gasteiger partial charge in [-0.25, -0.2) is 0 Å². The molecule has 1 aliphatic rings. The molecule has 1 saturated heterocycles. The van der Waals surface area contributed by atoms with Crippen molar-refractivity contribution in [3.8, 4) is 0 Å². The molecule has 2 rings (SSSR count). The Morgan fingerprint density at radius 2 is 1.65 bits per heavy atom. The third kappa shape index (κ3) is 3.88. The molecule has 6 nitrogen and oxygen atoms in total. The van der Waals surface area contributed by atoms with E-state index in [0.717, 1.165) is 12.0 Å². The molecule has 0 saturated carbocycles. The molecule has 0 unspecified atom stereocenters. The number of hydrogen-bond acceptors (Lipinski definition) is 3. The van der Waals surface area contributed by atoms with E-state index in [1.165, 1.54) is 0 Å². The van der Waals surface area contributed by atoms with Crippen LogP contribution in [-0.2, 0) is 14.4 Å². The van der Waals surface area contributed by atoms with Gasteiger partial charge in [-0.05, 0) is 32.9 Å². The minimum Gasteiger partial charge on any atom is -0.342 e. The fraction of sp³-hybridized carbons (Fsp3) is 0.471. The zero-order valence-electron chi connectivity index (χ0n) is 13.8. The van der Waals surface area contributed by atoms with E-state index in [0.29, 0.717) is 31.9 Å². The van der Waals surface area contributed by atoms with E-state index in [2.05, 4.69) is 5.32 Å². The van der Waals surface area contributed by atoms with E-state index in [1.54, 1.807) is 23.6 Å². The Morgan fingerprint density at radius 1 is 1.09 bits per heavy atom. The van der Waals surface area contributed by atoms with E-state index < -0.39 is 5.41 Å². The molecular weight excluding hydrogens is 294 g/mol. The molecule has 1 heterocycles. The van der Waals surface area contributed by atoms with Crippen LogP contribution in [0.5, 0.6) is 0 Å². The lowest BCUT2D eigenvalue weighted by molar-refractivity contribution is -0.148. The van der Waals surface area contributed by atoms with Gasteiger partial charge in [-0.15, -0.1) is 0 Å². The molecule has 1 N–H and O–H groups in total. The molecule has 3 amide bonds. The summed E-state index contributed by atoms with van der Waals surface area (Å²) < 4.78 is 0. The summed E-state index contributed by atoms with van der Waals surface area (Å²) in [7, 11) is 0. The number of aryl methyl sites for hydroxylation is 1. The Labute approximate surface area is 136 Å². The molecule has 1 fully saturated rings. The van der Waals surface area contributed by atoms with E-state index in [9.17, 15) is 14.4 Å².